The normalized spacial score (nSPS) is 10.6. The fraction of sp³-hybridized carbons (Fsp3) is 0. The number of aromatic amines is 1. The van der Waals surface area contributed by atoms with Gasteiger partial charge in [-0.15, -0.1) is 0 Å². The zero-order valence-electron chi connectivity index (χ0n) is 10.1. The van der Waals surface area contributed by atoms with Crippen LogP contribution in [0, 0.1) is 0 Å². The molecular weight excluding hydrogens is 260 g/mol. The number of carbonyl (C=O) groups is 1. The van der Waals surface area contributed by atoms with Gasteiger partial charge in [-0.1, -0.05) is 0 Å². The number of fused-ring (bicyclic) bond motifs is 1. The van der Waals surface area contributed by atoms with Crippen molar-refractivity contribution in [2.75, 3.05) is 0 Å². The molecule has 7 nitrogen and oxygen atoms in total. The van der Waals surface area contributed by atoms with Crippen LogP contribution >= 0.6 is 0 Å². The number of pyridine rings is 2. The summed E-state index contributed by atoms with van der Waals surface area (Å²) in [7, 11) is 0. The molecule has 3 rings (SSSR count). The summed E-state index contributed by atoms with van der Waals surface area (Å²) in [6.45, 7) is 0. The molecule has 0 aromatic carbocycles. The predicted molar refractivity (Wildman–Crippen MR) is 70.3 cm³/mol. The summed E-state index contributed by atoms with van der Waals surface area (Å²) < 4.78 is 0. The second kappa shape index (κ2) is 4.54. The van der Waals surface area contributed by atoms with E-state index >= 15 is 0 Å². The number of rotatable bonds is 2. The molecule has 0 spiro atoms. The monoisotopic (exact) mass is 268 g/mol. The summed E-state index contributed by atoms with van der Waals surface area (Å²) in [5, 5.41) is 9.03. The Morgan fingerprint density at radius 1 is 1.30 bits per heavy atom. The van der Waals surface area contributed by atoms with Gasteiger partial charge in [0.15, 0.2) is 5.82 Å². The van der Waals surface area contributed by atoms with Crippen molar-refractivity contribution in [1.29, 1.82) is 0 Å². The van der Waals surface area contributed by atoms with Crippen LogP contribution in [0.25, 0.3) is 22.4 Å². The lowest BCUT2D eigenvalue weighted by molar-refractivity contribution is 0.0695. The first-order valence-electron chi connectivity index (χ1n) is 5.69. The van der Waals surface area contributed by atoms with Gasteiger partial charge in [0.05, 0.1) is 5.39 Å². The van der Waals surface area contributed by atoms with Crippen molar-refractivity contribution in [2.24, 2.45) is 0 Å². The van der Waals surface area contributed by atoms with Crippen molar-refractivity contribution < 1.29 is 9.90 Å². The molecule has 2 N–H and O–H groups in total. The zero-order chi connectivity index (χ0) is 14.1. The summed E-state index contributed by atoms with van der Waals surface area (Å²) in [6, 6.07) is 3.54. The Morgan fingerprint density at radius 2 is 2.15 bits per heavy atom. The average Bonchev–Trinajstić information content (AvgIpc) is 2.48. The second-order valence-electron chi connectivity index (χ2n) is 4.03. The highest BCUT2D eigenvalue weighted by atomic mass is 16.4. The van der Waals surface area contributed by atoms with Crippen molar-refractivity contribution >= 4 is 17.0 Å². The van der Waals surface area contributed by atoms with Crippen LogP contribution in [0.15, 0.2) is 41.7 Å². The fourth-order valence-electron chi connectivity index (χ4n) is 1.80. The maximum atomic E-state index is 11.9. The largest absolute Gasteiger partial charge is 0.477 e. The van der Waals surface area contributed by atoms with Crippen molar-refractivity contribution in [3.8, 4) is 11.4 Å². The van der Waals surface area contributed by atoms with Gasteiger partial charge in [0.25, 0.3) is 0 Å². The van der Waals surface area contributed by atoms with E-state index in [-0.39, 0.29) is 16.6 Å². The van der Waals surface area contributed by atoms with E-state index in [9.17, 15) is 9.59 Å². The Labute approximate surface area is 112 Å². The molecule has 20 heavy (non-hydrogen) atoms. The summed E-state index contributed by atoms with van der Waals surface area (Å²) in [4.78, 5) is 37.8. The van der Waals surface area contributed by atoms with Crippen LogP contribution in [0.5, 0.6) is 0 Å². The highest BCUT2D eigenvalue weighted by Gasteiger charge is 2.13. The third-order valence-electron chi connectivity index (χ3n) is 2.78. The molecule has 0 atom stereocenters. The minimum absolute atomic E-state index is 0.137. The van der Waals surface area contributed by atoms with Crippen molar-refractivity contribution in [2.45, 2.75) is 0 Å². The molecular formula is C13H8N4O3. The molecule has 0 bridgehead atoms. The molecule has 0 saturated heterocycles. The van der Waals surface area contributed by atoms with Crippen LogP contribution in [0.3, 0.4) is 0 Å². The van der Waals surface area contributed by atoms with Gasteiger partial charge in [-0.2, -0.15) is 0 Å². The molecule has 7 heteroatoms. The first-order valence-corrected chi connectivity index (χ1v) is 5.69. The molecule has 0 aliphatic heterocycles. The zero-order valence-corrected chi connectivity index (χ0v) is 10.1. The van der Waals surface area contributed by atoms with Crippen LogP contribution in [-0.4, -0.2) is 31.0 Å². The number of H-pyrrole nitrogens is 1. The van der Waals surface area contributed by atoms with Crippen molar-refractivity contribution in [3.05, 3.63) is 52.7 Å². The van der Waals surface area contributed by atoms with Gasteiger partial charge in [-0.25, -0.2) is 14.8 Å². The van der Waals surface area contributed by atoms with E-state index in [4.69, 9.17) is 5.11 Å². The Kier molecular flexibility index (Phi) is 2.72. The van der Waals surface area contributed by atoms with E-state index in [2.05, 4.69) is 19.9 Å². The SMILES string of the molecule is O=C(O)c1c[nH]c2nc(-c3cccnc3)ncc2c1=O. The van der Waals surface area contributed by atoms with Gasteiger partial charge in [-0.05, 0) is 12.1 Å². The Morgan fingerprint density at radius 3 is 2.85 bits per heavy atom. The topological polar surface area (TPSA) is 109 Å². The quantitative estimate of drug-likeness (QED) is 0.719. The summed E-state index contributed by atoms with van der Waals surface area (Å²) in [5.74, 6) is -0.881. The molecule has 0 fully saturated rings. The first-order chi connectivity index (χ1) is 9.66. The van der Waals surface area contributed by atoms with E-state index in [1.54, 1.807) is 24.5 Å². The van der Waals surface area contributed by atoms with Gasteiger partial charge < -0.3 is 10.1 Å². The highest BCUT2D eigenvalue weighted by molar-refractivity contribution is 5.91. The van der Waals surface area contributed by atoms with Gasteiger partial charge in [0.2, 0.25) is 5.43 Å². The number of nitrogens with one attached hydrogen (secondary N) is 1. The number of nitrogens with zero attached hydrogens (tertiary/aromatic N) is 3. The van der Waals surface area contributed by atoms with Crippen LogP contribution in [-0.2, 0) is 0 Å². The van der Waals surface area contributed by atoms with Gasteiger partial charge in [-0.3, -0.25) is 9.78 Å². The third-order valence-corrected chi connectivity index (χ3v) is 2.78. The molecule has 98 valence electrons. The van der Waals surface area contributed by atoms with E-state index in [0.717, 1.165) is 6.20 Å². The van der Waals surface area contributed by atoms with E-state index < -0.39 is 11.4 Å². The van der Waals surface area contributed by atoms with E-state index in [1.807, 2.05) is 0 Å². The van der Waals surface area contributed by atoms with Crippen LogP contribution in [0.4, 0.5) is 0 Å². The number of hydrogen-bond donors (Lipinski definition) is 2. The minimum Gasteiger partial charge on any atom is -0.477 e. The maximum Gasteiger partial charge on any atom is 0.341 e. The van der Waals surface area contributed by atoms with Crippen molar-refractivity contribution in [1.82, 2.24) is 19.9 Å². The Balaban J connectivity index is 2.22. The third kappa shape index (κ3) is 1.91. The molecule has 0 saturated carbocycles. The van der Waals surface area contributed by atoms with Gasteiger partial charge >= 0.3 is 5.97 Å². The molecule has 3 aromatic heterocycles. The molecule has 0 unspecified atom stereocenters. The smallest absolute Gasteiger partial charge is 0.341 e. The van der Waals surface area contributed by atoms with E-state index in [1.165, 1.54) is 6.20 Å². The molecule has 0 radical (unpaired) electrons. The summed E-state index contributed by atoms with van der Waals surface area (Å²) in [5.41, 5.74) is 0.0469. The number of aromatic nitrogens is 4. The minimum atomic E-state index is -1.29. The average molecular weight is 268 g/mol. The van der Waals surface area contributed by atoms with Crippen LogP contribution < -0.4 is 5.43 Å². The lowest BCUT2D eigenvalue weighted by atomic mass is 10.2. The number of aromatic carboxylic acids is 1. The molecule has 0 aliphatic rings. The van der Waals surface area contributed by atoms with Gasteiger partial charge in [0, 0.05) is 30.4 Å². The Hall–Kier alpha value is -3.09. The first kappa shape index (κ1) is 12.0. The van der Waals surface area contributed by atoms with Crippen LogP contribution in [0.1, 0.15) is 10.4 Å². The van der Waals surface area contributed by atoms with E-state index in [0.29, 0.717) is 11.4 Å². The standard InChI is InChI=1S/C13H8N4O3/c18-10-8-5-15-11(7-2-1-3-14-4-7)17-12(8)16-6-9(10)13(19)20/h1-6H,(H,19,20)(H,15,16,17,18). The lowest BCUT2D eigenvalue weighted by Crippen LogP contribution is -2.16. The summed E-state index contributed by atoms with van der Waals surface area (Å²) in [6.07, 6.45) is 5.68. The number of carboxylic acids is 1. The predicted octanol–water partition coefficient (Wildman–Crippen LogP) is 1.08. The lowest BCUT2D eigenvalue weighted by Gasteiger charge is -2.02. The molecule has 3 heterocycles. The molecule has 0 amide bonds. The second-order valence-corrected chi connectivity index (χ2v) is 4.03. The number of hydrogen-bond acceptors (Lipinski definition) is 5. The van der Waals surface area contributed by atoms with Gasteiger partial charge in [0.1, 0.15) is 11.2 Å². The fourth-order valence-corrected chi connectivity index (χ4v) is 1.80. The molecule has 0 aliphatic carbocycles. The molecule has 3 aromatic rings. The number of carboxylic acid groups (broad SMARTS) is 1. The summed E-state index contributed by atoms with van der Waals surface area (Å²) >= 11 is 0. The Bertz CT molecular complexity index is 858. The van der Waals surface area contributed by atoms with Crippen LogP contribution in [0.2, 0.25) is 0 Å². The van der Waals surface area contributed by atoms with Crippen molar-refractivity contribution in [3.63, 3.8) is 0 Å². The maximum absolute atomic E-state index is 11.9. The highest BCUT2D eigenvalue weighted by Crippen LogP contribution is 2.14.